The Morgan fingerprint density at radius 1 is 1.04 bits per heavy atom. The zero-order chi connectivity index (χ0) is 16.8. The zero-order valence-electron chi connectivity index (χ0n) is 14.5. The smallest absolute Gasteiger partial charge is 0.220 e. The van der Waals surface area contributed by atoms with E-state index in [0.29, 0.717) is 18.8 Å². The second-order valence-electron chi connectivity index (χ2n) is 6.70. The number of nitrogens with one attached hydrogen (secondary N) is 1. The molecule has 2 aromatic rings. The van der Waals surface area contributed by atoms with Crippen molar-refractivity contribution in [2.45, 2.75) is 44.6 Å². The van der Waals surface area contributed by atoms with Crippen LogP contribution in [-0.2, 0) is 11.2 Å². The van der Waals surface area contributed by atoms with Crippen LogP contribution in [0.15, 0.2) is 54.6 Å². The highest BCUT2D eigenvalue weighted by molar-refractivity contribution is 5.85. The van der Waals surface area contributed by atoms with E-state index in [1.807, 2.05) is 42.5 Å². The van der Waals surface area contributed by atoms with Crippen LogP contribution in [0.2, 0.25) is 0 Å². The number of rotatable bonds is 6. The molecule has 0 saturated heterocycles. The van der Waals surface area contributed by atoms with Crippen LogP contribution in [0, 0.1) is 5.92 Å². The molecular formula is C21H27ClN2O. The number of carbonyl (C=O) groups excluding carboxylic acids is 1. The highest BCUT2D eigenvalue weighted by Crippen LogP contribution is 2.35. The first-order valence-electron chi connectivity index (χ1n) is 8.92. The number of nitrogen functional groups attached to an aromatic ring is 1. The SMILES string of the molecule is Cl.Nc1ccccc1CCC(=O)NC(c1ccccc1)C1CCCC1. The molecule has 1 unspecified atom stereocenters. The normalized spacial score (nSPS) is 15.4. The second-order valence-corrected chi connectivity index (χ2v) is 6.70. The van der Waals surface area contributed by atoms with Crippen molar-refractivity contribution in [3.63, 3.8) is 0 Å². The summed E-state index contributed by atoms with van der Waals surface area (Å²) in [6.07, 6.45) is 6.10. The van der Waals surface area contributed by atoms with E-state index in [1.54, 1.807) is 0 Å². The lowest BCUT2D eigenvalue weighted by atomic mass is 9.91. The van der Waals surface area contributed by atoms with Gasteiger partial charge in [-0.1, -0.05) is 61.4 Å². The Hall–Kier alpha value is -2.00. The summed E-state index contributed by atoms with van der Waals surface area (Å²) < 4.78 is 0. The summed E-state index contributed by atoms with van der Waals surface area (Å²) in [7, 11) is 0. The van der Waals surface area contributed by atoms with E-state index in [-0.39, 0.29) is 24.4 Å². The van der Waals surface area contributed by atoms with E-state index >= 15 is 0 Å². The molecule has 1 aliphatic carbocycles. The zero-order valence-corrected chi connectivity index (χ0v) is 15.3. The number of aryl methyl sites for hydroxylation is 1. The van der Waals surface area contributed by atoms with E-state index in [0.717, 1.165) is 11.3 Å². The van der Waals surface area contributed by atoms with Gasteiger partial charge in [0.05, 0.1) is 6.04 Å². The first-order valence-corrected chi connectivity index (χ1v) is 8.92. The number of hydrogen-bond donors (Lipinski definition) is 2. The molecule has 3 nitrogen and oxygen atoms in total. The monoisotopic (exact) mass is 358 g/mol. The van der Waals surface area contributed by atoms with E-state index in [4.69, 9.17) is 5.73 Å². The molecule has 0 spiro atoms. The van der Waals surface area contributed by atoms with Gasteiger partial charge in [-0.15, -0.1) is 12.4 Å². The minimum absolute atomic E-state index is 0. The second kappa shape index (κ2) is 9.47. The summed E-state index contributed by atoms with van der Waals surface area (Å²) in [6, 6.07) is 18.3. The third-order valence-electron chi connectivity index (χ3n) is 5.02. The van der Waals surface area contributed by atoms with Crippen LogP contribution in [0.25, 0.3) is 0 Å². The van der Waals surface area contributed by atoms with Crippen LogP contribution in [0.3, 0.4) is 0 Å². The van der Waals surface area contributed by atoms with Gasteiger partial charge in [0.15, 0.2) is 0 Å². The van der Waals surface area contributed by atoms with Crippen molar-refractivity contribution in [2.75, 3.05) is 5.73 Å². The van der Waals surface area contributed by atoms with Crippen molar-refractivity contribution in [2.24, 2.45) is 5.92 Å². The number of anilines is 1. The summed E-state index contributed by atoms with van der Waals surface area (Å²) >= 11 is 0. The lowest BCUT2D eigenvalue weighted by Gasteiger charge is -2.25. The van der Waals surface area contributed by atoms with Gasteiger partial charge in [-0.3, -0.25) is 4.79 Å². The Morgan fingerprint density at radius 2 is 1.68 bits per heavy atom. The van der Waals surface area contributed by atoms with Crippen LogP contribution >= 0.6 is 12.4 Å². The average Bonchev–Trinajstić information content (AvgIpc) is 3.14. The fourth-order valence-electron chi connectivity index (χ4n) is 3.68. The van der Waals surface area contributed by atoms with E-state index in [2.05, 4.69) is 17.4 Å². The largest absolute Gasteiger partial charge is 0.399 e. The van der Waals surface area contributed by atoms with Gasteiger partial charge in [0.1, 0.15) is 0 Å². The Balaban J connectivity index is 0.00000225. The predicted octanol–water partition coefficient (Wildman–Crippen LogP) is 4.67. The van der Waals surface area contributed by atoms with Crippen molar-refractivity contribution in [3.05, 3.63) is 65.7 Å². The minimum Gasteiger partial charge on any atom is -0.399 e. The fourth-order valence-corrected chi connectivity index (χ4v) is 3.68. The molecule has 1 amide bonds. The van der Waals surface area contributed by atoms with Crippen molar-refractivity contribution < 1.29 is 4.79 Å². The molecule has 2 aromatic carbocycles. The molecule has 3 rings (SSSR count). The van der Waals surface area contributed by atoms with Gasteiger partial charge in [-0.2, -0.15) is 0 Å². The number of carbonyl (C=O) groups is 1. The molecule has 0 bridgehead atoms. The number of nitrogens with two attached hydrogens (primary N) is 1. The summed E-state index contributed by atoms with van der Waals surface area (Å²) in [5, 5.41) is 3.29. The Kier molecular flexibility index (Phi) is 7.32. The summed E-state index contributed by atoms with van der Waals surface area (Å²) in [5.41, 5.74) is 9.00. The van der Waals surface area contributed by atoms with E-state index in [1.165, 1.54) is 31.2 Å². The van der Waals surface area contributed by atoms with Gasteiger partial charge in [-0.25, -0.2) is 0 Å². The molecule has 1 fully saturated rings. The van der Waals surface area contributed by atoms with Crippen LogP contribution in [0.1, 0.15) is 49.3 Å². The van der Waals surface area contributed by atoms with Gasteiger partial charge in [-0.05, 0) is 42.4 Å². The predicted molar refractivity (Wildman–Crippen MR) is 106 cm³/mol. The minimum atomic E-state index is 0. The summed E-state index contributed by atoms with van der Waals surface area (Å²) in [5.74, 6) is 0.664. The number of hydrogen-bond acceptors (Lipinski definition) is 2. The molecule has 134 valence electrons. The number of halogens is 1. The Morgan fingerprint density at radius 3 is 2.36 bits per heavy atom. The van der Waals surface area contributed by atoms with Crippen molar-refractivity contribution in [3.8, 4) is 0 Å². The third-order valence-corrected chi connectivity index (χ3v) is 5.02. The van der Waals surface area contributed by atoms with Crippen LogP contribution in [0.5, 0.6) is 0 Å². The van der Waals surface area contributed by atoms with Gasteiger partial charge < -0.3 is 11.1 Å². The van der Waals surface area contributed by atoms with Gasteiger partial charge in [0.25, 0.3) is 0 Å². The molecule has 25 heavy (non-hydrogen) atoms. The standard InChI is InChI=1S/C21H26N2O.ClH/c22-19-13-7-6-8-16(19)14-15-20(24)23-21(18-11-4-5-12-18)17-9-2-1-3-10-17;/h1-3,6-10,13,18,21H,4-5,11-12,14-15,22H2,(H,23,24);1H. The quantitative estimate of drug-likeness (QED) is 0.737. The van der Waals surface area contributed by atoms with Gasteiger partial charge >= 0.3 is 0 Å². The molecular weight excluding hydrogens is 332 g/mol. The van der Waals surface area contributed by atoms with E-state index in [9.17, 15) is 4.79 Å². The lowest BCUT2D eigenvalue weighted by Crippen LogP contribution is -2.32. The number of benzene rings is 2. The topological polar surface area (TPSA) is 55.1 Å². The summed E-state index contributed by atoms with van der Waals surface area (Å²) in [4.78, 5) is 12.5. The third kappa shape index (κ3) is 5.23. The molecule has 1 aliphatic rings. The average molecular weight is 359 g/mol. The van der Waals surface area contributed by atoms with Crippen LogP contribution in [0.4, 0.5) is 5.69 Å². The highest BCUT2D eigenvalue weighted by Gasteiger charge is 2.27. The fraction of sp³-hybridized carbons (Fsp3) is 0.381. The van der Waals surface area contributed by atoms with Crippen molar-refractivity contribution in [1.29, 1.82) is 0 Å². The molecule has 0 aliphatic heterocycles. The molecule has 4 heteroatoms. The molecule has 3 N–H and O–H groups in total. The van der Waals surface area contributed by atoms with Gasteiger partial charge in [0.2, 0.25) is 5.91 Å². The van der Waals surface area contributed by atoms with Gasteiger partial charge in [0, 0.05) is 12.1 Å². The summed E-state index contributed by atoms with van der Waals surface area (Å²) in [6.45, 7) is 0. The van der Waals surface area contributed by atoms with Crippen molar-refractivity contribution >= 4 is 24.0 Å². The first kappa shape index (κ1) is 19.3. The molecule has 0 aromatic heterocycles. The number of amides is 1. The van der Waals surface area contributed by atoms with Crippen LogP contribution < -0.4 is 11.1 Å². The van der Waals surface area contributed by atoms with E-state index < -0.39 is 0 Å². The highest BCUT2D eigenvalue weighted by atomic mass is 35.5. The maximum Gasteiger partial charge on any atom is 0.220 e. The lowest BCUT2D eigenvalue weighted by molar-refractivity contribution is -0.122. The Labute approximate surface area is 156 Å². The first-order chi connectivity index (χ1) is 11.7. The van der Waals surface area contributed by atoms with Crippen molar-refractivity contribution in [1.82, 2.24) is 5.32 Å². The van der Waals surface area contributed by atoms with Crippen LogP contribution in [-0.4, -0.2) is 5.91 Å². The maximum atomic E-state index is 12.5. The molecule has 0 radical (unpaired) electrons. The Bertz CT molecular complexity index is 669. The molecule has 0 heterocycles. The molecule has 1 saturated carbocycles. The maximum absolute atomic E-state index is 12.5. The molecule has 1 atom stereocenters. The number of para-hydroxylation sites is 1.